The molecule has 3 aromatic rings. The van der Waals surface area contributed by atoms with Crippen LogP contribution in [0.3, 0.4) is 0 Å². The van der Waals surface area contributed by atoms with Gasteiger partial charge in [-0.3, -0.25) is 4.79 Å². The molecule has 3 aromatic carbocycles. The molecule has 6 heteroatoms. The van der Waals surface area contributed by atoms with Gasteiger partial charge in [-0.1, -0.05) is 71.2 Å². The van der Waals surface area contributed by atoms with Crippen LogP contribution in [0.5, 0.6) is 0 Å². The summed E-state index contributed by atoms with van der Waals surface area (Å²) in [7, 11) is 0. The van der Waals surface area contributed by atoms with Crippen LogP contribution in [0.15, 0.2) is 66.2 Å². The number of rotatable bonds is 5. The Morgan fingerprint density at radius 1 is 0.967 bits per heavy atom. The van der Waals surface area contributed by atoms with Crippen molar-refractivity contribution in [3.8, 4) is 6.07 Å². The number of nitrogens with zero attached hydrogens (tertiary/aromatic N) is 1. The number of amides is 1. The lowest BCUT2D eigenvalue weighted by atomic mass is 10.0. The molecular formula is C24H17Cl3N2O. The number of benzene rings is 3. The van der Waals surface area contributed by atoms with Crippen LogP contribution in [0.25, 0.3) is 6.08 Å². The Morgan fingerprint density at radius 3 is 2.37 bits per heavy atom. The van der Waals surface area contributed by atoms with Crippen LogP contribution in [0.2, 0.25) is 15.1 Å². The van der Waals surface area contributed by atoms with E-state index in [1.165, 1.54) is 6.08 Å². The molecule has 0 aliphatic heterocycles. The average Bonchev–Trinajstić information content (AvgIpc) is 2.73. The fraction of sp³-hybridized carbons (Fsp3) is 0.0833. The van der Waals surface area contributed by atoms with Crippen molar-refractivity contribution in [3.05, 3.63) is 104 Å². The quantitative estimate of drug-likeness (QED) is 0.330. The number of hydrogen-bond donors (Lipinski definition) is 1. The number of anilines is 1. The zero-order valence-corrected chi connectivity index (χ0v) is 18.3. The SMILES string of the molecule is Cc1c(Cl)cccc1NC(=O)/C(C#N)=C/c1ccc(Cc2ccccc2Cl)c(Cl)c1. The third-order valence-electron chi connectivity index (χ3n) is 4.61. The van der Waals surface area contributed by atoms with Gasteiger partial charge in [-0.15, -0.1) is 0 Å². The Morgan fingerprint density at radius 2 is 1.67 bits per heavy atom. The third-order valence-corrected chi connectivity index (χ3v) is 5.74. The summed E-state index contributed by atoms with van der Waals surface area (Å²) in [6, 6.07) is 20.1. The lowest BCUT2D eigenvalue weighted by Crippen LogP contribution is -2.14. The fourth-order valence-corrected chi connectivity index (χ4v) is 3.52. The summed E-state index contributed by atoms with van der Waals surface area (Å²) in [6.45, 7) is 1.80. The molecule has 150 valence electrons. The summed E-state index contributed by atoms with van der Waals surface area (Å²) in [4.78, 5) is 12.5. The van der Waals surface area contributed by atoms with E-state index in [4.69, 9.17) is 34.8 Å². The van der Waals surface area contributed by atoms with Crippen molar-refractivity contribution < 1.29 is 4.79 Å². The predicted molar refractivity (Wildman–Crippen MR) is 124 cm³/mol. The highest BCUT2D eigenvalue weighted by atomic mass is 35.5. The van der Waals surface area contributed by atoms with Crippen molar-refractivity contribution >= 4 is 52.5 Å². The number of carbonyl (C=O) groups is 1. The summed E-state index contributed by atoms with van der Waals surface area (Å²) in [5, 5.41) is 13.9. The van der Waals surface area contributed by atoms with Gasteiger partial charge in [-0.05, 0) is 59.5 Å². The molecule has 3 nitrogen and oxygen atoms in total. The van der Waals surface area contributed by atoms with Crippen molar-refractivity contribution in [3.63, 3.8) is 0 Å². The Balaban J connectivity index is 1.81. The van der Waals surface area contributed by atoms with Gasteiger partial charge in [-0.25, -0.2) is 0 Å². The van der Waals surface area contributed by atoms with Gasteiger partial charge < -0.3 is 5.32 Å². The van der Waals surface area contributed by atoms with Crippen LogP contribution in [0, 0.1) is 18.3 Å². The topological polar surface area (TPSA) is 52.9 Å². The summed E-state index contributed by atoms with van der Waals surface area (Å²) in [6.07, 6.45) is 2.09. The zero-order valence-electron chi connectivity index (χ0n) is 16.0. The minimum atomic E-state index is -0.515. The monoisotopic (exact) mass is 454 g/mol. The largest absolute Gasteiger partial charge is 0.321 e. The van der Waals surface area contributed by atoms with Gasteiger partial charge in [0.2, 0.25) is 0 Å². The van der Waals surface area contributed by atoms with E-state index in [1.807, 2.05) is 42.5 Å². The Kier molecular flexibility index (Phi) is 7.18. The normalized spacial score (nSPS) is 11.1. The molecule has 0 unspecified atom stereocenters. The Hall–Kier alpha value is -2.77. The Labute approximate surface area is 190 Å². The van der Waals surface area contributed by atoms with Gasteiger partial charge in [0.05, 0.1) is 0 Å². The van der Waals surface area contributed by atoms with Gasteiger partial charge in [0.15, 0.2) is 0 Å². The molecule has 0 fully saturated rings. The third kappa shape index (κ3) is 5.23. The van der Waals surface area contributed by atoms with E-state index in [0.717, 1.165) is 16.7 Å². The van der Waals surface area contributed by atoms with Crippen LogP contribution >= 0.6 is 34.8 Å². The number of carbonyl (C=O) groups excluding carboxylic acids is 1. The number of halogens is 3. The second-order valence-electron chi connectivity index (χ2n) is 6.66. The summed E-state index contributed by atoms with van der Waals surface area (Å²) in [5.74, 6) is -0.515. The molecule has 0 heterocycles. The molecule has 0 aliphatic carbocycles. The molecule has 1 N–H and O–H groups in total. The van der Waals surface area contributed by atoms with Gasteiger partial charge in [0, 0.05) is 27.2 Å². The highest BCUT2D eigenvalue weighted by Gasteiger charge is 2.13. The van der Waals surface area contributed by atoms with Crippen LogP contribution in [-0.2, 0) is 11.2 Å². The molecule has 0 atom stereocenters. The van der Waals surface area contributed by atoms with Gasteiger partial charge in [0.1, 0.15) is 11.6 Å². The van der Waals surface area contributed by atoms with Crippen LogP contribution in [0.4, 0.5) is 5.69 Å². The van der Waals surface area contributed by atoms with Crippen LogP contribution < -0.4 is 5.32 Å². The predicted octanol–water partition coefficient (Wildman–Crippen LogP) is 7.09. The molecule has 0 spiro atoms. The van der Waals surface area contributed by atoms with E-state index in [-0.39, 0.29) is 5.57 Å². The standard InChI is InChI=1S/C24H17Cl3N2O/c1-15-20(25)7-4-8-23(15)29-24(30)19(14-28)11-16-9-10-18(22(27)12-16)13-17-5-2-3-6-21(17)26/h2-12H,13H2,1H3,(H,29,30)/b19-11+. The highest BCUT2D eigenvalue weighted by Crippen LogP contribution is 2.26. The van der Waals surface area contributed by atoms with E-state index in [9.17, 15) is 10.1 Å². The summed E-state index contributed by atoms with van der Waals surface area (Å²) in [5.41, 5.74) is 3.78. The first-order valence-corrected chi connectivity index (χ1v) is 10.2. The molecule has 0 aromatic heterocycles. The van der Waals surface area contributed by atoms with E-state index < -0.39 is 5.91 Å². The van der Waals surface area contributed by atoms with Crippen molar-refractivity contribution in [1.29, 1.82) is 5.26 Å². The van der Waals surface area contributed by atoms with Gasteiger partial charge >= 0.3 is 0 Å². The molecule has 30 heavy (non-hydrogen) atoms. The number of nitrogens with one attached hydrogen (secondary N) is 1. The highest BCUT2D eigenvalue weighted by molar-refractivity contribution is 6.32. The first kappa shape index (κ1) is 21.9. The van der Waals surface area contributed by atoms with E-state index in [0.29, 0.717) is 32.7 Å². The molecule has 0 radical (unpaired) electrons. The maximum absolute atomic E-state index is 12.5. The molecule has 0 bridgehead atoms. The second-order valence-corrected chi connectivity index (χ2v) is 7.88. The minimum absolute atomic E-state index is 0.0377. The van der Waals surface area contributed by atoms with E-state index >= 15 is 0 Å². The Bertz CT molecular complexity index is 1180. The van der Waals surface area contributed by atoms with Crippen molar-refractivity contribution in [2.24, 2.45) is 0 Å². The van der Waals surface area contributed by atoms with Crippen LogP contribution in [0.1, 0.15) is 22.3 Å². The minimum Gasteiger partial charge on any atom is -0.321 e. The average molecular weight is 456 g/mol. The van der Waals surface area contributed by atoms with Crippen molar-refractivity contribution in [2.75, 3.05) is 5.32 Å². The lowest BCUT2D eigenvalue weighted by Gasteiger charge is -2.09. The molecule has 0 saturated heterocycles. The zero-order chi connectivity index (χ0) is 21.7. The van der Waals surface area contributed by atoms with Crippen molar-refractivity contribution in [2.45, 2.75) is 13.3 Å². The summed E-state index contributed by atoms with van der Waals surface area (Å²) >= 11 is 18.7. The number of nitriles is 1. The van der Waals surface area contributed by atoms with Crippen LogP contribution in [-0.4, -0.2) is 5.91 Å². The molecule has 0 aliphatic rings. The molecule has 3 rings (SSSR count). The van der Waals surface area contributed by atoms with Crippen molar-refractivity contribution in [1.82, 2.24) is 0 Å². The maximum Gasteiger partial charge on any atom is 0.266 e. The first-order chi connectivity index (χ1) is 14.4. The van der Waals surface area contributed by atoms with Gasteiger partial charge in [0.25, 0.3) is 5.91 Å². The maximum atomic E-state index is 12.5. The smallest absolute Gasteiger partial charge is 0.266 e. The molecular weight excluding hydrogens is 439 g/mol. The summed E-state index contributed by atoms with van der Waals surface area (Å²) < 4.78 is 0. The molecule has 1 amide bonds. The van der Waals surface area contributed by atoms with Gasteiger partial charge in [-0.2, -0.15) is 5.26 Å². The number of hydrogen-bond acceptors (Lipinski definition) is 2. The van der Waals surface area contributed by atoms with E-state index in [1.54, 1.807) is 31.2 Å². The first-order valence-electron chi connectivity index (χ1n) is 9.09. The molecule has 0 saturated carbocycles. The van der Waals surface area contributed by atoms with E-state index in [2.05, 4.69) is 5.32 Å². The lowest BCUT2D eigenvalue weighted by molar-refractivity contribution is -0.112. The fourth-order valence-electron chi connectivity index (χ4n) is 2.89. The second kappa shape index (κ2) is 9.82.